The van der Waals surface area contributed by atoms with Crippen LogP contribution in [0.2, 0.25) is 0 Å². The van der Waals surface area contributed by atoms with Gasteiger partial charge in [-0.15, -0.1) is 11.3 Å². The number of carbonyl (C=O) groups excluding carboxylic acids is 1. The molecule has 1 atom stereocenters. The highest BCUT2D eigenvalue weighted by molar-refractivity contribution is 7.11. The molecule has 0 radical (unpaired) electrons. The largest absolute Gasteiger partial charge is 0.393 e. The molecule has 188 valence electrons. The van der Waals surface area contributed by atoms with Gasteiger partial charge in [-0.1, -0.05) is 13.3 Å². The lowest BCUT2D eigenvalue weighted by atomic mass is 9.89. The van der Waals surface area contributed by atoms with Gasteiger partial charge in [-0.3, -0.25) is 9.78 Å². The first-order valence-electron chi connectivity index (χ1n) is 13.0. The molecule has 1 aliphatic carbocycles. The fourth-order valence-corrected chi connectivity index (χ4v) is 6.25. The van der Waals surface area contributed by atoms with Crippen molar-refractivity contribution < 1.29 is 9.90 Å². The van der Waals surface area contributed by atoms with Crippen LogP contribution in [-0.2, 0) is 0 Å². The Bertz CT molecular complexity index is 1130. The Balaban J connectivity index is 1.40. The molecule has 2 fully saturated rings. The maximum absolute atomic E-state index is 12.8. The number of aliphatic hydroxyl groups excluding tert-OH is 1. The van der Waals surface area contributed by atoms with Crippen LogP contribution in [0, 0.1) is 0 Å². The number of thiazole rings is 1. The van der Waals surface area contributed by atoms with Gasteiger partial charge in [-0.05, 0) is 63.4 Å². The summed E-state index contributed by atoms with van der Waals surface area (Å²) in [4.78, 5) is 29.2. The smallest absolute Gasteiger partial charge is 0.265 e. The first kappa shape index (κ1) is 24.2. The van der Waals surface area contributed by atoms with Gasteiger partial charge >= 0.3 is 0 Å². The summed E-state index contributed by atoms with van der Waals surface area (Å²) in [7, 11) is 0. The van der Waals surface area contributed by atoms with Crippen LogP contribution in [-0.4, -0.2) is 60.7 Å². The van der Waals surface area contributed by atoms with Crippen molar-refractivity contribution >= 4 is 34.2 Å². The predicted octanol–water partition coefficient (Wildman–Crippen LogP) is 4.98. The fraction of sp³-hybridized carbons (Fsp3) is 0.615. The number of fused-ring (bicyclic) bond motifs is 1. The van der Waals surface area contributed by atoms with Crippen LogP contribution in [0.15, 0.2) is 24.1 Å². The predicted molar refractivity (Wildman–Crippen MR) is 139 cm³/mol. The minimum absolute atomic E-state index is 0.0920. The maximum atomic E-state index is 12.8. The summed E-state index contributed by atoms with van der Waals surface area (Å²) >= 11 is 1.41. The van der Waals surface area contributed by atoms with E-state index in [9.17, 15) is 9.90 Å². The van der Waals surface area contributed by atoms with E-state index < -0.39 is 0 Å². The van der Waals surface area contributed by atoms with Gasteiger partial charge in [0.15, 0.2) is 0 Å². The number of nitrogens with one attached hydrogen (secondary N) is 1. The number of rotatable bonds is 7. The van der Waals surface area contributed by atoms with E-state index in [0.29, 0.717) is 28.8 Å². The number of hydrogen-bond acceptors (Lipinski definition) is 7. The summed E-state index contributed by atoms with van der Waals surface area (Å²) in [6.45, 7) is 5.86. The molecule has 1 amide bonds. The van der Waals surface area contributed by atoms with E-state index in [-0.39, 0.29) is 12.0 Å². The molecule has 3 aromatic heterocycles. The lowest BCUT2D eigenvalue weighted by Crippen LogP contribution is -2.37. The van der Waals surface area contributed by atoms with Gasteiger partial charge in [0.2, 0.25) is 5.95 Å². The zero-order chi connectivity index (χ0) is 24.4. The van der Waals surface area contributed by atoms with Gasteiger partial charge in [0.25, 0.3) is 5.91 Å². The van der Waals surface area contributed by atoms with Crippen LogP contribution in [0.25, 0.3) is 11.0 Å². The highest BCUT2D eigenvalue weighted by atomic mass is 32.1. The molecule has 0 unspecified atom stereocenters. The topological polar surface area (TPSA) is 96.2 Å². The van der Waals surface area contributed by atoms with Crippen molar-refractivity contribution in [2.45, 2.75) is 89.3 Å². The van der Waals surface area contributed by atoms with Gasteiger partial charge in [-0.25, -0.2) is 4.98 Å². The Morgan fingerprint density at radius 1 is 1.20 bits per heavy atom. The normalized spacial score (nSPS) is 22.4. The van der Waals surface area contributed by atoms with Crippen molar-refractivity contribution in [3.63, 3.8) is 0 Å². The molecule has 9 heteroatoms. The van der Waals surface area contributed by atoms with Crippen molar-refractivity contribution in [1.82, 2.24) is 24.4 Å². The number of nitrogens with zero attached hydrogens (tertiary/aromatic N) is 5. The number of amides is 1. The Hall–Kier alpha value is -2.52. The summed E-state index contributed by atoms with van der Waals surface area (Å²) < 4.78 is 2.35. The SMILES string of the molecule is CCC[C@H](C)Nc1ncc2c(C3CCN(C(=O)c4cncs4)CC3)cn(C3CCC(O)CC3)c2n1. The molecule has 4 heterocycles. The Kier molecular flexibility index (Phi) is 7.34. The summed E-state index contributed by atoms with van der Waals surface area (Å²) in [5.74, 6) is 1.15. The van der Waals surface area contributed by atoms with Crippen molar-refractivity contribution in [3.8, 4) is 0 Å². The number of anilines is 1. The molecule has 1 saturated heterocycles. The van der Waals surface area contributed by atoms with Gasteiger partial charge in [0, 0.05) is 43.0 Å². The van der Waals surface area contributed by atoms with Crippen molar-refractivity contribution in [1.29, 1.82) is 0 Å². The molecule has 1 saturated carbocycles. The third kappa shape index (κ3) is 5.21. The second kappa shape index (κ2) is 10.6. The minimum atomic E-state index is -0.185. The Morgan fingerprint density at radius 3 is 2.66 bits per heavy atom. The summed E-state index contributed by atoms with van der Waals surface area (Å²) in [5, 5.41) is 14.6. The van der Waals surface area contributed by atoms with Gasteiger partial charge in [0.05, 0.1) is 17.8 Å². The molecule has 0 aromatic carbocycles. The van der Waals surface area contributed by atoms with E-state index in [4.69, 9.17) is 4.98 Å². The van der Waals surface area contributed by atoms with Crippen molar-refractivity contribution in [2.75, 3.05) is 18.4 Å². The molecule has 2 aliphatic rings. The van der Waals surface area contributed by atoms with Crippen molar-refractivity contribution in [3.05, 3.63) is 34.5 Å². The first-order valence-corrected chi connectivity index (χ1v) is 13.9. The lowest BCUT2D eigenvalue weighted by Gasteiger charge is -2.31. The lowest BCUT2D eigenvalue weighted by molar-refractivity contribution is 0.0717. The first-order chi connectivity index (χ1) is 17.0. The third-order valence-electron chi connectivity index (χ3n) is 7.62. The molecule has 1 aliphatic heterocycles. The van der Waals surface area contributed by atoms with Gasteiger partial charge in [-0.2, -0.15) is 4.98 Å². The van der Waals surface area contributed by atoms with Crippen LogP contribution in [0.3, 0.4) is 0 Å². The molecule has 3 aromatic rings. The van der Waals surface area contributed by atoms with Gasteiger partial charge in [0.1, 0.15) is 10.5 Å². The van der Waals surface area contributed by atoms with Gasteiger partial charge < -0.3 is 19.9 Å². The molecular formula is C26H36N6O2S. The summed E-state index contributed by atoms with van der Waals surface area (Å²) in [5.41, 5.74) is 4.00. The van der Waals surface area contributed by atoms with Crippen LogP contribution >= 0.6 is 11.3 Å². The quantitative estimate of drug-likeness (QED) is 0.479. The van der Waals surface area contributed by atoms with E-state index in [0.717, 1.165) is 75.5 Å². The fourth-order valence-electron chi connectivity index (χ4n) is 5.66. The van der Waals surface area contributed by atoms with E-state index in [2.05, 4.69) is 39.9 Å². The second-order valence-corrected chi connectivity index (χ2v) is 11.0. The average Bonchev–Trinajstić information content (AvgIpc) is 3.53. The highest BCUT2D eigenvalue weighted by Crippen LogP contribution is 2.38. The van der Waals surface area contributed by atoms with Crippen LogP contribution in [0.1, 0.15) is 92.4 Å². The molecule has 0 bridgehead atoms. The monoisotopic (exact) mass is 496 g/mol. The van der Waals surface area contributed by atoms with E-state index in [1.54, 1.807) is 11.7 Å². The van der Waals surface area contributed by atoms with E-state index >= 15 is 0 Å². The summed E-state index contributed by atoms with van der Waals surface area (Å²) in [6, 6.07) is 0.670. The van der Waals surface area contributed by atoms with E-state index in [1.807, 2.05) is 11.1 Å². The maximum Gasteiger partial charge on any atom is 0.265 e. The molecule has 35 heavy (non-hydrogen) atoms. The molecule has 0 spiro atoms. The third-order valence-corrected chi connectivity index (χ3v) is 8.39. The zero-order valence-electron chi connectivity index (χ0n) is 20.7. The second-order valence-electron chi connectivity index (χ2n) is 10.2. The number of likely N-dealkylation sites (tertiary alicyclic amines) is 1. The molecular weight excluding hydrogens is 460 g/mol. The number of piperidine rings is 1. The Labute approximate surface area is 210 Å². The summed E-state index contributed by atoms with van der Waals surface area (Å²) in [6.07, 6.45) is 13.4. The standard InChI is InChI=1S/C26H36N6O2S/c1-3-4-17(2)29-26-28-13-21-22(15-32(24(21)30-26)19-5-7-20(33)8-6-19)18-9-11-31(12-10-18)25(34)23-14-27-16-35-23/h13-20,33H,3-12H2,1-2H3,(H,28,29,30)/t17-,19?,20?/m0/s1. The Morgan fingerprint density at radius 2 is 1.97 bits per heavy atom. The number of aromatic nitrogens is 4. The van der Waals surface area contributed by atoms with Crippen molar-refractivity contribution in [2.24, 2.45) is 0 Å². The van der Waals surface area contributed by atoms with Crippen LogP contribution in [0.4, 0.5) is 5.95 Å². The molecule has 5 rings (SSSR count). The average molecular weight is 497 g/mol. The molecule has 2 N–H and O–H groups in total. The van der Waals surface area contributed by atoms with Crippen LogP contribution in [0.5, 0.6) is 0 Å². The zero-order valence-corrected chi connectivity index (χ0v) is 21.5. The number of aliphatic hydroxyl groups is 1. The number of carbonyl (C=O) groups is 1. The highest BCUT2D eigenvalue weighted by Gasteiger charge is 2.30. The minimum Gasteiger partial charge on any atom is -0.393 e. The van der Waals surface area contributed by atoms with E-state index in [1.165, 1.54) is 16.9 Å². The van der Waals surface area contributed by atoms with Crippen LogP contribution < -0.4 is 5.32 Å². The number of hydrogen-bond donors (Lipinski definition) is 2. The molecule has 8 nitrogen and oxygen atoms in total.